The molecule has 0 radical (unpaired) electrons. The molecule has 6 nitrogen and oxygen atoms in total. The molecule has 0 aromatic carbocycles. The zero-order valence-corrected chi connectivity index (χ0v) is 16.6. The van der Waals surface area contributed by atoms with E-state index in [-0.39, 0.29) is 35.3 Å². The van der Waals surface area contributed by atoms with Crippen LogP contribution < -0.4 is 0 Å². The van der Waals surface area contributed by atoms with Crippen LogP contribution in [0.4, 0.5) is 0 Å². The molecule has 1 spiro atoms. The maximum atomic E-state index is 12.6. The van der Waals surface area contributed by atoms with Gasteiger partial charge in [-0.15, -0.1) is 0 Å². The second-order valence-corrected chi connectivity index (χ2v) is 10.3. The predicted molar refractivity (Wildman–Crippen MR) is 96.7 cm³/mol. The number of carbonyl (C=O) groups is 1. The maximum absolute atomic E-state index is 12.6. The quantitative estimate of drug-likeness (QED) is 0.740. The summed E-state index contributed by atoms with van der Waals surface area (Å²) in [5.74, 6) is 0.398. The molecule has 2 aliphatic heterocycles. The van der Waals surface area contributed by atoms with Gasteiger partial charge in [-0.1, -0.05) is 13.8 Å². The van der Waals surface area contributed by atoms with E-state index in [1.54, 1.807) is 6.92 Å². The molecule has 2 saturated heterocycles. The van der Waals surface area contributed by atoms with E-state index in [0.29, 0.717) is 19.7 Å². The summed E-state index contributed by atoms with van der Waals surface area (Å²) in [4.78, 5) is 14.1. The maximum Gasteiger partial charge on any atom is 0.225 e. The number of amides is 1. The van der Waals surface area contributed by atoms with Crippen LogP contribution in [0.15, 0.2) is 0 Å². The SMILES string of the molecule is CCS(=O)(=O)N(C1CC1)C1CCOC2(CCN(C(=O)C(C)C)CC2)C1. The van der Waals surface area contributed by atoms with Crippen molar-refractivity contribution in [2.24, 2.45) is 5.92 Å². The van der Waals surface area contributed by atoms with Crippen LogP contribution in [-0.4, -0.2) is 66.7 Å². The number of ether oxygens (including phenoxy) is 1. The molecule has 1 atom stereocenters. The van der Waals surface area contributed by atoms with Crippen LogP contribution in [0.1, 0.15) is 59.3 Å². The first kappa shape index (κ1) is 19.1. The molecule has 1 unspecified atom stereocenters. The van der Waals surface area contributed by atoms with Gasteiger partial charge in [0.05, 0.1) is 11.4 Å². The van der Waals surface area contributed by atoms with Gasteiger partial charge in [0.15, 0.2) is 0 Å². The molecule has 1 amide bonds. The van der Waals surface area contributed by atoms with Gasteiger partial charge in [0, 0.05) is 37.7 Å². The van der Waals surface area contributed by atoms with Gasteiger partial charge < -0.3 is 9.64 Å². The number of sulfonamides is 1. The Bertz CT molecular complexity index is 592. The van der Waals surface area contributed by atoms with Crippen LogP contribution in [-0.2, 0) is 19.6 Å². The number of hydrogen-bond acceptors (Lipinski definition) is 4. The molecule has 3 rings (SSSR count). The van der Waals surface area contributed by atoms with E-state index in [0.717, 1.165) is 38.5 Å². The number of nitrogens with zero attached hydrogens (tertiary/aromatic N) is 2. The molecule has 2 heterocycles. The Kier molecular flexibility index (Phi) is 5.47. The van der Waals surface area contributed by atoms with Crippen molar-refractivity contribution in [1.29, 1.82) is 0 Å². The smallest absolute Gasteiger partial charge is 0.225 e. The fourth-order valence-corrected chi connectivity index (χ4v) is 5.90. The molecule has 7 heteroatoms. The first-order valence-electron chi connectivity index (χ1n) is 9.72. The van der Waals surface area contributed by atoms with Crippen molar-refractivity contribution in [3.63, 3.8) is 0 Å². The Morgan fingerprint density at radius 3 is 2.36 bits per heavy atom. The Hall–Kier alpha value is -0.660. The minimum Gasteiger partial charge on any atom is -0.375 e. The van der Waals surface area contributed by atoms with Gasteiger partial charge in [0.1, 0.15) is 0 Å². The predicted octanol–water partition coefficient (Wildman–Crippen LogP) is 2.00. The number of rotatable bonds is 5. The van der Waals surface area contributed by atoms with Gasteiger partial charge in [-0.25, -0.2) is 8.42 Å². The van der Waals surface area contributed by atoms with Crippen molar-refractivity contribution < 1.29 is 17.9 Å². The number of hydrogen-bond donors (Lipinski definition) is 0. The molecule has 0 aromatic rings. The van der Waals surface area contributed by atoms with Crippen molar-refractivity contribution in [1.82, 2.24) is 9.21 Å². The van der Waals surface area contributed by atoms with Crippen LogP contribution in [0, 0.1) is 5.92 Å². The zero-order chi connectivity index (χ0) is 18.2. The molecule has 0 N–H and O–H groups in total. The summed E-state index contributed by atoms with van der Waals surface area (Å²) in [5.41, 5.74) is -0.257. The van der Waals surface area contributed by atoms with Crippen LogP contribution in [0.5, 0.6) is 0 Å². The van der Waals surface area contributed by atoms with Crippen LogP contribution in [0.2, 0.25) is 0 Å². The molecule has 3 fully saturated rings. The summed E-state index contributed by atoms with van der Waals surface area (Å²) in [5, 5.41) is 0. The first-order chi connectivity index (χ1) is 11.8. The van der Waals surface area contributed by atoms with Gasteiger partial charge >= 0.3 is 0 Å². The lowest BCUT2D eigenvalue weighted by Gasteiger charge is -2.48. The Morgan fingerprint density at radius 2 is 1.84 bits per heavy atom. The van der Waals surface area contributed by atoms with E-state index in [1.165, 1.54) is 0 Å². The summed E-state index contributed by atoms with van der Waals surface area (Å²) < 4.78 is 33.2. The number of carbonyl (C=O) groups excluding carboxylic acids is 1. The highest BCUT2D eigenvalue weighted by Crippen LogP contribution is 2.41. The Morgan fingerprint density at radius 1 is 1.20 bits per heavy atom. The Balaban J connectivity index is 1.68. The summed E-state index contributed by atoms with van der Waals surface area (Å²) in [7, 11) is -3.17. The molecule has 144 valence electrons. The second-order valence-electron chi connectivity index (χ2n) is 8.12. The van der Waals surface area contributed by atoms with Crippen molar-refractivity contribution >= 4 is 15.9 Å². The lowest BCUT2D eigenvalue weighted by Crippen LogP contribution is -2.56. The largest absolute Gasteiger partial charge is 0.375 e. The van der Waals surface area contributed by atoms with Crippen LogP contribution in [0.25, 0.3) is 0 Å². The fourth-order valence-electron chi connectivity index (χ4n) is 4.30. The molecular formula is C18H32N2O4S. The van der Waals surface area contributed by atoms with Crippen LogP contribution >= 0.6 is 0 Å². The van der Waals surface area contributed by atoms with Gasteiger partial charge in [0.25, 0.3) is 0 Å². The summed E-state index contributed by atoms with van der Waals surface area (Å²) in [6.07, 6.45) is 5.15. The van der Waals surface area contributed by atoms with E-state index in [9.17, 15) is 13.2 Å². The van der Waals surface area contributed by atoms with E-state index >= 15 is 0 Å². The minimum atomic E-state index is -3.17. The average Bonchev–Trinajstić information content (AvgIpc) is 3.40. The third-order valence-corrected chi connectivity index (χ3v) is 7.87. The van der Waals surface area contributed by atoms with Crippen molar-refractivity contribution in [3.05, 3.63) is 0 Å². The second kappa shape index (κ2) is 7.16. The highest BCUT2D eigenvalue weighted by molar-refractivity contribution is 7.89. The zero-order valence-electron chi connectivity index (χ0n) is 15.7. The first-order valence-corrected chi connectivity index (χ1v) is 11.3. The standard InChI is InChI=1S/C18H32N2O4S/c1-4-25(22,23)20(15-5-6-15)16-7-12-24-18(13-16)8-10-19(11-9-18)17(21)14(2)3/h14-16H,4-13H2,1-3H3. The van der Waals surface area contributed by atoms with Crippen molar-refractivity contribution in [2.75, 3.05) is 25.4 Å². The summed E-state index contributed by atoms with van der Waals surface area (Å²) in [6, 6.07) is 0.256. The molecule has 0 aromatic heterocycles. The van der Waals surface area contributed by atoms with Gasteiger partial charge in [-0.2, -0.15) is 4.31 Å². The number of piperidine rings is 1. The Labute approximate surface area is 151 Å². The summed E-state index contributed by atoms with van der Waals surface area (Å²) >= 11 is 0. The molecule has 1 aliphatic carbocycles. The lowest BCUT2D eigenvalue weighted by atomic mass is 9.82. The topological polar surface area (TPSA) is 66.9 Å². The molecule has 3 aliphatic rings. The highest BCUT2D eigenvalue weighted by Gasteiger charge is 2.48. The minimum absolute atomic E-state index is 0.0223. The monoisotopic (exact) mass is 372 g/mol. The third kappa shape index (κ3) is 4.03. The van der Waals surface area contributed by atoms with Crippen LogP contribution in [0.3, 0.4) is 0 Å². The highest BCUT2D eigenvalue weighted by atomic mass is 32.2. The normalized spacial score (nSPS) is 27.2. The lowest BCUT2D eigenvalue weighted by molar-refractivity contribution is -0.149. The molecule has 1 saturated carbocycles. The van der Waals surface area contributed by atoms with E-state index in [1.807, 2.05) is 23.1 Å². The number of likely N-dealkylation sites (tertiary alicyclic amines) is 1. The van der Waals surface area contributed by atoms with E-state index < -0.39 is 10.0 Å². The van der Waals surface area contributed by atoms with E-state index in [4.69, 9.17) is 4.74 Å². The molecular weight excluding hydrogens is 340 g/mol. The van der Waals surface area contributed by atoms with Crippen molar-refractivity contribution in [2.45, 2.75) is 77.0 Å². The summed E-state index contributed by atoms with van der Waals surface area (Å²) in [6.45, 7) is 7.65. The molecule has 25 heavy (non-hydrogen) atoms. The third-order valence-electron chi connectivity index (χ3n) is 5.90. The average molecular weight is 373 g/mol. The van der Waals surface area contributed by atoms with Gasteiger partial charge in [0.2, 0.25) is 15.9 Å². The van der Waals surface area contributed by atoms with Gasteiger partial charge in [-0.3, -0.25) is 4.79 Å². The van der Waals surface area contributed by atoms with Gasteiger partial charge in [-0.05, 0) is 45.4 Å². The van der Waals surface area contributed by atoms with Crippen molar-refractivity contribution in [3.8, 4) is 0 Å². The van der Waals surface area contributed by atoms with E-state index in [2.05, 4.69) is 0 Å². The fraction of sp³-hybridized carbons (Fsp3) is 0.944. The molecule has 0 bridgehead atoms.